The Bertz CT molecular complexity index is 1220. The van der Waals surface area contributed by atoms with E-state index in [2.05, 4.69) is 9.97 Å². The molecule has 2 amide bonds. The second-order valence-corrected chi connectivity index (χ2v) is 9.45. The molecule has 2 atom stereocenters. The quantitative estimate of drug-likeness (QED) is 0.520. The summed E-state index contributed by atoms with van der Waals surface area (Å²) in [5.41, 5.74) is 5.86. The zero-order valence-electron chi connectivity index (χ0n) is 18.9. The van der Waals surface area contributed by atoms with Crippen molar-refractivity contribution in [2.75, 3.05) is 33.1 Å². The molecule has 0 bridgehead atoms. The van der Waals surface area contributed by atoms with Crippen molar-refractivity contribution in [3.05, 3.63) is 46.6 Å². The smallest absolute Gasteiger partial charge is 0.278 e. The van der Waals surface area contributed by atoms with Crippen LogP contribution in [0.1, 0.15) is 12.5 Å². The fraction of sp³-hybridized carbons (Fsp3) is 0.364. The second-order valence-electron chi connectivity index (χ2n) is 7.77. The number of amides is 2. The van der Waals surface area contributed by atoms with Crippen LogP contribution in [0.3, 0.4) is 0 Å². The van der Waals surface area contributed by atoms with E-state index in [9.17, 15) is 9.59 Å². The van der Waals surface area contributed by atoms with Gasteiger partial charge in [0, 0.05) is 26.2 Å². The molecule has 2 aromatic heterocycles. The molecule has 34 heavy (non-hydrogen) atoms. The van der Waals surface area contributed by atoms with E-state index in [1.54, 1.807) is 24.0 Å². The number of nitrogens with zero attached hydrogens (tertiary/aromatic N) is 4. The number of aromatic nitrogens is 2. The SMILES string of the molecule is COC1CN(C(=O)COc2ccc(Cl)s2)C(C)(OC)C(=O)N1Cc1ccc2c(N)ncnc2c1. The predicted octanol–water partition coefficient (Wildman–Crippen LogP) is 2.51. The van der Waals surface area contributed by atoms with Gasteiger partial charge in [0.25, 0.3) is 11.8 Å². The van der Waals surface area contributed by atoms with Gasteiger partial charge < -0.3 is 24.8 Å². The van der Waals surface area contributed by atoms with Crippen LogP contribution in [0.4, 0.5) is 5.82 Å². The summed E-state index contributed by atoms with van der Waals surface area (Å²) in [4.78, 5) is 37.8. The van der Waals surface area contributed by atoms with Gasteiger partial charge in [0.2, 0.25) is 5.72 Å². The number of halogens is 1. The molecule has 180 valence electrons. The number of thiophene rings is 1. The predicted molar refractivity (Wildman–Crippen MR) is 127 cm³/mol. The van der Waals surface area contributed by atoms with E-state index in [0.717, 1.165) is 10.9 Å². The summed E-state index contributed by atoms with van der Waals surface area (Å²) in [6, 6.07) is 8.87. The van der Waals surface area contributed by atoms with E-state index in [1.165, 1.54) is 36.8 Å². The van der Waals surface area contributed by atoms with Crippen molar-refractivity contribution >= 4 is 51.5 Å². The maximum Gasteiger partial charge on any atom is 0.278 e. The highest BCUT2D eigenvalue weighted by Crippen LogP contribution is 2.31. The zero-order chi connectivity index (χ0) is 24.5. The largest absolute Gasteiger partial charge is 0.474 e. The molecule has 0 radical (unpaired) electrons. The average molecular weight is 506 g/mol. The van der Waals surface area contributed by atoms with Gasteiger partial charge >= 0.3 is 0 Å². The molecular weight excluding hydrogens is 482 g/mol. The highest BCUT2D eigenvalue weighted by Gasteiger charge is 2.52. The molecule has 4 rings (SSSR count). The third kappa shape index (κ3) is 4.51. The Morgan fingerprint density at radius 2 is 2.09 bits per heavy atom. The number of nitrogens with two attached hydrogens (primary N) is 1. The van der Waals surface area contributed by atoms with E-state index >= 15 is 0 Å². The van der Waals surface area contributed by atoms with Gasteiger partial charge in [-0.25, -0.2) is 9.97 Å². The Morgan fingerprint density at radius 1 is 1.29 bits per heavy atom. The van der Waals surface area contributed by atoms with Crippen LogP contribution in [-0.2, 0) is 25.6 Å². The van der Waals surface area contributed by atoms with E-state index in [-0.39, 0.29) is 19.7 Å². The van der Waals surface area contributed by atoms with Gasteiger partial charge in [0.1, 0.15) is 18.4 Å². The first-order valence-electron chi connectivity index (χ1n) is 10.3. The fourth-order valence-electron chi connectivity index (χ4n) is 3.86. The van der Waals surface area contributed by atoms with Crippen molar-refractivity contribution in [2.24, 2.45) is 0 Å². The maximum atomic E-state index is 13.6. The van der Waals surface area contributed by atoms with Crippen LogP contribution in [-0.4, -0.2) is 70.9 Å². The van der Waals surface area contributed by atoms with Gasteiger partial charge in [0.05, 0.1) is 16.4 Å². The summed E-state index contributed by atoms with van der Waals surface area (Å²) in [5, 5.41) is 1.23. The third-order valence-corrected chi connectivity index (χ3v) is 6.94. The van der Waals surface area contributed by atoms with Gasteiger partial charge in [-0.3, -0.25) is 14.5 Å². The van der Waals surface area contributed by atoms with E-state index in [4.69, 9.17) is 31.5 Å². The fourth-order valence-corrected chi connectivity index (χ4v) is 4.73. The Kier molecular flexibility index (Phi) is 6.89. The molecule has 2 unspecified atom stereocenters. The second kappa shape index (κ2) is 9.71. The molecule has 0 saturated carbocycles. The van der Waals surface area contributed by atoms with Crippen molar-refractivity contribution in [2.45, 2.75) is 25.4 Å². The lowest BCUT2D eigenvalue weighted by molar-refractivity contribution is -0.219. The number of carbonyl (C=O) groups is 2. The van der Waals surface area contributed by atoms with Crippen molar-refractivity contribution in [3.63, 3.8) is 0 Å². The molecule has 0 aliphatic carbocycles. The summed E-state index contributed by atoms with van der Waals surface area (Å²) >= 11 is 7.13. The van der Waals surface area contributed by atoms with Crippen molar-refractivity contribution in [1.82, 2.24) is 19.8 Å². The summed E-state index contributed by atoms with van der Waals surface area (Å²) in [6.07, 6.45) is 0.699. The van der Waals surface area contributed by atoms with Crippen LogP contribution < -0.4 is 10.5 Å². The van der Waals surface area contributed by atoms with Crippen molar-refractivity contribution in [1.29, 1.82) is 0 Å². The number of anilines is 1. The number of benzene rings is 1. The van der Waals surface area contributed by atoms with Crippen LogP contribution in [0.5, 0.6) is 5.06 Å². The molecule has 3 heterocycles. The molecule has 0 spiro atoms. The Morgan fingerprint density at radius 3 is 2.76 bits per heavy atom. The highest BCUT2D eigenvalue weighted by atomic mass is 35.5. The average Bonchev–Trinajstić information content (AvgIpc) is 3.25. The van der Waals surface area contributed by atoms with Gasteiger partial charge in [-0.2, -0.15) is 0 Å². The monoisotopic (exact) mass is 505 g/mol. The van der Waals surface area contributed by atoms with Crippen LogP contribution in [0.15, 0.2) is 36.7 Å². The molecule has 1 aliphatic rings. The molecule has 3 aromatic rings. The minimum atomic E-state index is -1.54. The topological polar surface area (TPSA) is 120 Å². The van der Waals surface area contributed by atoms with Crippen LogP contribution in [0.2, 0.25) is 4.34 Å². The summed E-state index contributed by atoms with van der Waals surface area (Å²) in [5.74, 6) is -0.446. The lowest BCUT2D eigenvalue weighted by Crippen LogP contribution is -2.70. The molecule has 1 aromatic carbocycles. The van der Waals surface area contributed by atoms with Crippen molar-refractivity contribution in [3.8, 4) is 5.06 Å². The number of carbonyl (C=O) groups excluding carboxylic acids is 2. The van der Waals surface area contributed by atoms with E-state index in [1.807, 2.05) is 18.2 Å². The lowest BCUT2D eigenvalue weighted by Gasteiger charge is -2.49. The third-order valence-electron chi connectivity index (χ3n) is 5.80. The number of piperazine rings is 1. The van der Waals surface area contributed by atoms with Gasteiger partial charge in [-0.15, -0.1) is 0 Å². The standard InChI is InChI=1S/C22H24ClN5O5S/c1-22(32-3)21(30)27(9-13-4-5-14-15(8-13)25-12-26-20(14)24)18(31-2)10-28(22)17(29)11-33-19-7-6-16(23)34-19/h4-8,12,18H,9-11H2,1-3H3,(H2,24,25,26). The lowest BCUT2D eigenvalue weighted by atomic mass is 10.0. The highest BCUT2D eigenvalue weighted by molar-refractivity contribution is 7.17. The minimum absolute atomic E-state index is 0.0999. The summed E-state index contributed by atoms with van der Waals surface area (Å²) < 4.78 is 17.3. The van der Waals surface area contributed by atoms with Gasteiger partial charge in [0.15, 0.2) is 11.7 Å². The van der Waals surface area contributed by atoms with E-state index in [0.29, 0.717) is 20.7 Å². The Labute approximate surface area is 205 Å². The Hall–Kier alpha value is -2.99. The first-order valence-corrected chi connectivity index (χ1v) is 11.5. The number of nitrogen functional groups attached to an aromatic ring is 1. The number of ether oxygens (including phenoxy) is 3. The number of hydrogen-bond donors (Lipinski definition) is 1. The molecule has 1 saturated heterocycles. The van der Waals surface area contributed by atoms with Crippen LogP contribution in [0, 0.1) is 0 Å². The zero-order valence-corrected chi connectivity index (χ0v) is 20.4. The molecular formula is C22H24ClN5O5S. The number of hydrogen-bond acceptors (Lipinski definition) is 9. The van der Waals surface area contributed by atoms with Crippen LogP contribution in [0.25, 0.3) is 10.9 Å². The maximum absolute atomic E-state index is 13.6. The molecule has 12 heteroatoms. The minimum Gasteiger partial charge on any atom is -0.474 e. The first-order chi connectivity index (χ1) is 16.3. The van der Waals surface area contributed by atoms with Gasteiger partial charge in [-0.05, 0) is 36.8 Å². The molecule has 1 fully saturated rings. The number of fused-ring (bicyclic) bond motifs is 1. The van der Waals surface area contributed by atoms with Crippen LogP contribution >= 0.6 is 22.9 Å². The first kappa shape index (κ1) is 24.1. The Balaban J connectivity index is 1.55. The summed E-state index contributed by atoms with van der Waals surface area (Å²) in [6.45, 7) is 1.61. The van der Waals surface area contributed by atoms with Crippen molar-refractivity contribution < 1.29 is 23.8 Å². The molecule has 10 nitrogen and oxygen atoms in total. The number of rotatable bonds is 7. The molecule has 2 N–H and O–H groups in total. The number of methoxy groups -OCH3 is 2. The molecule has 1 aliphatic heterocycles. The normalized spacial score (nSPS) is 20.7. The summed E-state index contributed by atoms with van der Waals surface area (Å²) in [7, 11) is 2.88. The van der Waals surface area contributed by atoms with E-state index < -0.39 is 23.8 Å². The van der Waals surface area contributed by atoms with Gasteiger partial charge in [-0.1, -0.05) is 29.0 Å².